The van der Waals surface area contributed by atoms with Gasteiger partial charge in [-0.25, -0.2) is 0 Å². The van der Waals surface area contributed by atoms with Crippen molar-refractivity contribution in [1.82, 2.24) is 4.90 Å². The monoisotopic (exact) mass is 471 g/mol. The Kier molecular flexibility index (Phi) is 7.71. The lowest BCUT2D eigenvalue weighted by atomic mass is 9.83. The minimum absolute atomic E-state index is 0. The second-order valence-corrected chi connectivity index (χ2v) is 9.12. The normalized spacial score (nSPS) is 15.0. The van der Waals surface area contributed by atoms with Gasteiger partial charge in [-0.3, -0.25) is 4.90 Å². The molecule has 1 aliphatic rings. The van der Waals surface area contributed by atoms with E-state index in [-0.39, 0.29) is 17.8 Å². The van der Waals surface area contributed by atoms with Crippen LogP contribution >= 0.6 is 12.4 Å². The van der Waals surface area contributed by atoms with Crippen LogP contribution in [0.5, 0.6) is 0 Å². The summed E-state index contributed by atoms with van der Waals surface area (Å²) in [5.41, 5.74) is 4.75. The lowest BCUT2D eigenvalue weighted by Gasteiger charge is -2.35. The van der Waals surface area contributed by atoms with E-state index in [0.717, 1.165) is 37.7 Å². The lowest BCUT2D eigenvalue weighted by molar-refractivity contribution is -0.137. The van der Waals surface area contributed by atoms with Gasteiger partial charge in [0.25, 0.3) is 0 Å². The van der Waals surface area contributed by atoms with E-state index in [1.54, 1.807) is 6.07 Å². The zero-order valence-corrected chi connectivity index (χ0v) is 19.7. The number of hydrogen-bond acceptors (Lipinski definition) is 1. The van der Waals surface area contributed by atoms with Gasteiger partial charge in [0.2, 0.25) is 0 Å². The molecule has 0 amide bonds. The second kappa shape index (κ2) is 10.1. The average Bonchev–Trinajstić information content (AvgIpc) is 2.80. The van der Waals surface area contributed by atoms with Gasteiger partial charge in [0, 0.05) is 25.0 Å². The molecule has 3 aromatic rings. The van der Waals surface area contributed by atoms with Gasteiger partial charge in [0.1, 0.15) is 0 Å². The van der Waals surface area contributed by atoms with Crippen LogP contribution in [0, 0.1) is 0 Å². The Morgan fingerprint density at radius 1 is 0.758 bits per heavy atom. The number of halogens is 4. The van der Waals surface area contributed by atoms with Crippen LogP contribution in [0.4, 0.5) is 13.2 Å². The molecule has 0 fully saturated rings. The minimum Gasteiger partial charge on any atom is -0.298 e. The fourth-order valence-electron chi connectivity index (χ4n) is 4.41. The molecule has 0 aromatic heterocycles. The third-order valence-electron chi connectivity index (χ3n) is 6.25. The second-order valence-electron chi connectivity index (χ2n) is 9.12. The van der Waals surface area contributed by atoms with Crippen molar-refractivity contribution in [2.75, 3.05) is 19.6 Å². The quantitative estimate of drug-likeness (QED) is 0.366. The highest BCUT2D eigenvalue weighted by Crippen LogP contribution is 2.33. The molecule has 0 spiro atoms. The molecule has 33 heavy (non-hydrogen) atoms. The van der Waals surface area contributed by atoms with Crippen molar-refractivity contribution in [3.05, 3.63) is 102 Å². The van der Waals surface area contributed by atoms with E-state index >= 15 is 0 Å². The van der Waals surface area contributed by atoms with Crippen LogP contribution in [0.2, 0.25) is 0 Å². The SMILES string of the molecule is CC(C)(CN1CC=C(c2cccc(C(F)(F)F)c2)CC1)c1ccc(-c2ccccc2)cc1.Cl. The highest BCUT2D eigenvalue weighted by molar-refractivity contribution is 5.85. The van der Waals surface area contributed by atoms with Crippen LogP contribution in [-0.2, 0) is 11.6 Å². The van der Waals surface area contributed by atoms with Crippen LogP contribution in [0.25, 0.3) is 16.7 Å². The predicted octanol–water partition coefficient (Wildman–Crippen LogP) is 7.86. The zero-order valence-electron chi connectivity index (χ0n) is 18.9. The Morgan fingerprint density at radius 2 is 1.39 bits per heavy atom. The van der Waals surface area contributed by atoms with Crippen molar-refractivity contribution < 1.29 is 13.2 Å². The molecule has 174 valence electrons. The molecule has 5 heteroatoms. The Morgan fingerprint density at radius 3 is 2.00 bits per heavy atom. The van der Waals surface area contributed by atoms with Crippen LogP contribution in [0.3, 0.4) is 0 Å². The summed E-state index contributed by atoms with van der Waals surface area (Å²) in [4.78, 5) is 2.38. The van der Waals surface area contributed by atoms with Gasteiger partial charge in [-0.05, 0) is 46.4 Å². The Balaban J connectivity index is 0.00000306. The highest BCUT2D eigenvalue weighted by atomic mass is 35.5. The minimum atomic E-state index is -4.31. The van der Waals surface area contributed by atoms with Crippen molar-refractivity contribution in [1.29, 1.82) is 0 Å². The molecule has 0 radical (unpaired) electrons. The molecule has 1 aliphatic heterocycles. The van der Waals surface area contributed by atoms with Crippen molar-refractivity contribution in [3.8, 4) is 11.1 Å². The van der Waals surface area contributed by atoms with Gasteiger partial charge in [-0.1, -0.05) is 86.7 Å². The van der Waals surface area contributed by atoms with Crippen LogP contribution in [-0.4, -0.2) is 24.5 Å². The Hall–Kier alpha value is -2.56. The van der Waals surface area contributed by atoms with Gasteiger partial charge in [0.05, 0.1) is 5.56 Å². The smallest absolute Gasteiger partial charge is 0.298 e. The molecule has 0 atom stereocenters. The van der Waals surface area contributed by atoms with Crippen molar-refractivity contribution in [3.63, 3.8) is 0 Å². The summed E-state index contributed by atoms with van der Waals surface area (Å²) < 4.78 is 39.1. The van der Waals surface area contributed by atoms with E-state index in [1.165, 1.54) is 28.8 Å². The van der Waals surface area contributed by atoms with E-state index in [4.69, 9.17) is 0 Å². The summed E-state index contributed by atoms with van der Waals surface area (Å²) in [5.74, 6) is 0. The summed E-state index contributed by atoms with van der Waals surface area (Å²) in [6, 6.07) is 24.8. The number of alkyl halides is 3. The maximum atomic E-state index is 13.0. The number of nitrogens with zero attached hydrogens (tertiary/aromatic N) is 1. The molecular formula is C28H29ClF3N. The molecule has 0 bridgehead atoms. The first-order valence-corrected chi connectivity index (χ1v) is 11.0. The largest absolute Gasteiger partial charge is 0.416 e. The lowest BCUT2D eigenvalue weighted by Crippen LogP contribution is -2.39. The third-order valence-corrected chi connectivity index (χ3v) is 6.25. The number of rotatable bonds is 5. The topological polar surface area (TPSA) is 3.24 Å². The third kappa shape index (κ3) is 6.07. The predicted molar refractivity (Wildman–Crippen MR) is 133 cm³/mol. The van der Waals surface area contributed by atoms with Gasteiger partial charge in [-0.15, -0.1) is 12.4 Å². The fourth-order valence-corrected chi connectivity index (χ4v) is 4.41. The van der Waals surface area contributed by atoms with Crippen LogP contribution in [0.15, 0.2) is 84.9 Å². The van der Waals surface area contributed by atoms with E-state index in [9.17, 15) is 13.2 Å². The summed E-state index contributed by atoms with van der Waals surface area (Å²) >= 11 is 0. The van der Waals surface area contributed by atoms with Gasteiger partial charge < -0.3 is 0 Å². The molecule has 1 heterocycles. The molecule has 0 N–H and O–H groups in total. The summed E-state index contributed by atoms with van der Waals surface area (Å²) in [6.07, 6.45) is -1.48. The summed E-state index contributed by atoms with van der Waals surface area (Å²) in [5, 5.41) is 0. The molecule has 1 nitrogen and oxygen atoms in total. The zero-order chi connectivity index (χ0) is 22.8. The van der Waals surface area contributed by atoms with E-state index in [1.807, 2.05) is 18.2 Å². The maximum Gasteiger partial charge on any atom is 0.416 e. The highest BCUT2D eigenvalue weighted by Gasteiger charge is 2.31. The van der Waals surface area contributed by atoms with E-state index in [0.29, 0.717) is 5.56 Å². The van der Waals surface area contributed by atoms with Crippen molar-refractivity contribution >= 4 is 18.0 Å². The van der Waals surface area contributed by atoms with Crippen molar-refractivity contribution in [2.45, 2.75) is 31.9 Å². The Bertz CT molecular complexity index is 1090. The maximum absolute atomic E-state index is 13.0. The molecular weight excluding hydrogens is 443 g/mol. The molecule has 0 aliphatic carbocycles. The Labute approximate surface area is 200 Å². The number of hydrogen-bond donors (Lipinski definition) is 0. The first kappa shape index (κ1) is 25.1. The van der Waals surface area contributed by atoms with E-state index in [2.05, 4.69) is 61.2 Å². The molecule has 4 rings (SSSR count). The van der Waals surface area contributed by atoms with Crippen LogP contribution in [0.1, 0.15) is 37.0 Å². The molecule has 3 aromatic carbocycles. The first-order valence-electron chi connectivity index (χ1n) is 11.0. The molecule has 0 saturated heterocycles. The molecule has 0 saturated carbocycles. The van der Waals surface area contributed by atoms with Crippen LogP contribution < -0.4 is 0 Å². The van der Waals surface area contributed by atoms with Gasteiger partial charge in [0.15, 0.2) is 0 Å². The van der Waals surface area contributed by atoms with Gasteiger partial charge >= 0.3 is 6.18 Å². The van der Waals surface area contributed by atoms with E-state index < -0.39 is 11.7 Å². The summed E-state index contributed by atoms with van der Waals surface area (Å²) in [6.45, 7) is 6.97. The fraction of sp³-hybridized carbons (Fsp3) is 0.286. The first-order chi connectivity index (χ1) is 15.2. The standard InChI is InChI=1S/C28H28F3N.ClH/c1-27(2,25-13-11-22(12-14-25)21-7-4-3-5-8-21)20-32-17-15-23(16-18-32)24-9-6-10-26(19-24)28(29,30)31;/h3-15,19H,16-18,20H2,1-2H3;1H. The van der Waals surface area contributed by atoms with Gasteiger partial charge in [-0.2, -0.15) is 13.2 Å². The summed E-state index contributed by atoms with van der Waals surface area (Å²) in [7, 11) is 0. The van der Waals surface area contributed by atoms with Crippen molar-refractivity contribution in [2.24, 2.45) is 0 Å². The average molecular weight is 472 g/mol. The number of benzene rings is 3. The molecule has 0 unspecified atom stereocenters.